The van der Waals surface area contributed by atoms with Crippen LogP contribution in [0.3, 0.4) is 0 Å². The van der Waals surface area contributed by atoms with Gasteiger partial charge < -0.3 is 9.84 Å². The van der Waals surface area contributed by atoms with E-state index in [9.17, 15) is 20.0 Å². The fourth-order valence-electron chi connectivity index (χ4n) is 3.57. The third kappa shape index (κ3) is 7.09. The Morgan fingerprint density at radius 3 is 2.35 bits per heavy atom. The standard InChI is InChI=1S/C23H29N3O5/c1-22(2,3)15-23(4,5)17-9-11-18(12-10-17)31-14-20(27)25-24-13-16-7-6-8-19(21(16)28)26(29)30/h6-13,28H,14-15H2,1-5H3,(H,25,27)/p-1/b24-13-. The molecule has 0 radical (unpaired) electrons. The third-order valence-electron chi connectivity index (χ3n) is 4.59. The van der Waals surface area contributed by atoms with Crippen molar-refractivity contribution in [1.82, 2.24) is 5.43 Å². The zero-order valence-corrected chi connectivity index (χ0v) is 18.5. The van der Waals surface area contributed by atoms with Crippen molar-refractivity contribution in [2.75, 3.05) is 6.61 Å². The van der Waals surface area contributed by atoms with E-state index >= 15 is 0 Å². The van der Waals surface area contributed by atoms with Crippen LogP contribution in [0.4, 0.5) is 5.69 Å². The lowest BCUT2D eigenvalue weighted by Gasteiger charge is -2.33. The highest BCUT2D eigenvalue weighted by Gasteiger charge is 2.27. The summed E-state index contributed by atoms with van der Waals surface area (Å²) < 4.78 is 5.48. The molecule has 0 saturated carbocycles. The predicted molar refractivity (Wildman–Crippen MR) is 117 cm³/mol. The Hall–Kier alpha value is -3.42. The number of ether oxygens (including phenoxy) is 1. The quantitative estimate of drug-likeness (QED) is 0.390. The molecule has 8 nitrogen and oxygen atoms in total. The van der Waals surface area contributed by atoms with Crippen LogP contribution >= 0.6 is 0 Å². The van der Waals surface area contributed by atoms with Crippen molar-refractivity contribution in [3.8, 4) is 11.5 Å². The maximum absolute atomic E-state index is 11.9. The predicted octanol–water partition coefficient (Wildman–Crippen LogP) is 3.91. The van der Waals surface area contributed by atoms with Gasteiger partial charge in [-0.1, -0.05) is 58.9 Å². The lowest BCUT2D eigenvalue weighted by Crippen LogP contribution is -2.25. The van der Waals surface area contributed by atoms with Gasteiger partial charge in [0.25, 0.3) is 11.6 Å². The molecule has 0 aliphatic heterocycles. The molecule has 2 aromatic rings. The summed E-state index contributed by atoms with van der Waals surface area (Å²) in [7, 11) is 0. The van der Waals surface area contributed by atoms with E-state index in [1.807, 2.05) is 24.3 Å². The van der Waals surface area contributed by atoms with Gasteiger partial charge >= 0.3 is 0 Å². The van der Waals surface area contributed by atoms with Crippen molar-refractivity contribution < 1.29 is 19.6 Å². The summed E-state index contributed by atoms with van der Waals surface area (Å²) in [6, 6.07) is 11.5. The molecule has 0 spiro atoms. The molecule has 0 fully saturated rings. The number of nitro benzene ring substituents is 1. The van der Waals surface area contributed by atoms with E-state index in [4.69, 9.17) is 4.74 Å². The fraction of sp³-hybridized carbons (Fsp3) is 0.391. The minimum atomic E-state index is -0.767. The summed E-state index contributed by atoms with van der Waals surface area (Å²) >= 11 is 0. The summed E-state index contributed by atoms with van der Waals surface area (Å²) in [5.41, 5.74) is 3.09. The molecule has 0 bridgehead atoms. The van der Waals surface area contributed by atoms with Crippen molar-refractivity contribution in [3.63, 3.8) is 0 Å². The molecule has 0 atom stereocenters. The lowest BCUT2D eigenvalue weighted by atomic mass is 9.72. The molecule has 0 unspecified atom stereocenters. The number of nitrogens with zero attached hydrogens (tertiary/aromatic N) is 2. The molecule has 1 N–H and O–H groups in total. The zero-order chi connectivity index (χ0) is 23.2. The Bertz CT molecular complexity index is 960. The molecular weight excluding hydrogens is 398 g/mol. The smallest absolute Gasteiger partial charge is 0.277 e. The van der Waals surface area contributed by atoms with E-state index in [1.54, 1.807) is 0 Å². The van der Waals surface area contributed by atoms with Gasteiger partial charge in [-0.05, 0) is 46.3 Å². The van der Waals surface area contributed by atoms with Crippen LogP contribution in [0.1, 0.15) is 52.2 Å². The summed E-state index contributed by atoms with van der Waals surface area (Å²) in [6.45, 7) is 10.8. The van der Waals surface area contributed by atoms with Crippen molar-refractivity contribution in [2.45, 2.75) is 46.5 Å². The second-order valence-corrected chi connectivity index (χ2v) is 9.18. The van der Waals surface area contributed by atoms with E-state index in [0.29, 0.717) is 5.75 Å². The van der Waals surface area contributed by atoms with Crippen LogP contribution in [0.15, 0.2) is 47.6 Å². The van der Waals surface area contributed by atoms with Crippen LogP contribution in [-0.4, -0.2) is 23.7 Å². The second-order valence-electron chi connectivity index (χ2n) is 9.18. The van der Waals surface area contributed by atoms with Gasteiger partial charge in [0.15, 0.2) is 6.61 Å². The van der Waals surface area contributed by atoms with E-state index in [-0.39, 0.29) is 23.0 Å². The number of benzene rings is 2. The number of hydrazone groups is 1. The van der Waals surface area contributed by atoms with E-state index in [2.05, 4.69) is 45.1 Å². The van der Waals surface area contributed by atoms with Crippen molar-refractivity contribution in [2.24, 2.45) is 10.5 Å². The first-order chi connectivity index (χ1) is 14.4. The largest absolute Gasteiger partial charge is 0.867 e. The number of hydrogen-bond donors (Lipinski definition) is 1. The number of rotatable bonds is 8. The van der Waals surface area contributed by atoms with Gasteiger partial charge in [-0.2, -0.15) is 5.10 Å². The van der Waals surface area contributed by atoms with Gasteiger partial charge in [-0.15, -0.1) is 0 Å². The maximum atomic E-state index is 11.9. The van der Waals surface area contributed by atoms with Gasteiger partial charge in [0.05, 0.1) is 11.1 Å². The zero-order valence-electron chi connectivity index (χ0n) is 18.5. The Kier molecular flexibility index (Phi) is 7.38. The molecule has 166 valence electrons. The normalized spacial score (nSPS) is 12.0. The van der Waals surface area contributed by atoms with Crippen LogP contribution in [0.5, 0.6) is 11.5 Å². The summed E-state index contributed by atoms with van der Waals surface area (Å²) in [6.07, 6.45) is 2.09. The molecule has 8 heteroatoms. The van der Waals surface area contributed by atoms with Crippen LogP contribution < -0.4 is 15.3 Å². The molecule has 2 rings (SSSR count). The number of nitrogens with one attached hydrogen (secondary N) is 1. The first kappa shape index (κ1) is 23.9. The molecule has 0 heterocycles. The highest BCUT2D eigenvalue weighted by molar-refractivity contribution is 5.86. The number of para-hydroxylation sites is 1. The van der Waals surface area contributed by atoms with Crippen molar-refractivity contribution in [3.05, 3.63) is 63.7 Å². The molecule has 0 saturated heterocycles. The number of nitro groups is 1. The molecule has 31 heavy (non-hydrogen) atoms. The molecular formula is C23H28N3O5-. The van der Waals surface area contributed by atoms with Crippen LogP contribution in [0.2, 0.25) is 0 Å². The minimum absolute atomic E-state index is 0.00359. The lowest BCUT2D eigenvalue weighted by molar-refractivity contribution is -0.398. The van der Waals surface area contributed by atoms with Gasteiger partial charge in [-0.25, -0.2) is 5.43 Å². The van der Waals surface area contributed by atoms with Gasteiger partial charge in [-0.3, -0.25) is 14.9 Å². The monoisotopic (exact) mass is 426 g/mol. The molecule has 0 aromatic heterocycles. The first-order valence-corrected chi connectivity index (χ1v) is 9.89. The maximum Gasteiger partial charge on any atom is 0.277 e. The third-order valence-corrected chi connectivity index (χ3v) is 4.59. The molecule has 0 aliphatic carbocycles. The minimum Gasteiger partial charge on any atom is -0.867 e. The highest BCUT2D eigenvalue weighted by atomic mass is 16.6. The van der Waals surface area contributed by atoms with Crippen LogP contribution in [0.25, 0.3) is 0 Å². The average Bonchev–Trinajstić information content (AvgIpc) is 2.66. The average molecular weight is 426 g/mol. The Morgan fingerprint density at radius 1 is 1.13 bits per heavy atom. The summed E-state index contributed by atoms with van der Waals surface area (Å²) in [5, 5.41) is 26.4. The van der Waals surface area contributed by atoms with Crippen LogP contribution in [-0.2, 0) is 10.2 Å². The van der Waals surface area contributed by atoms with Gasteiger partial charge in [0, 0.05) is 6.07 Å². The number of hydrogen-bond acceptors (Lipinski definition) is 6. The SMILES string of the molecule is CC(C)(C)CC(C)(C)c1ccc(OCC(=O)N/N=C\c2cccc([N+](=O)[O-])c2[O-])cc1. The molecule has 1 amide bonds. The Labute approximate surface area is 182 Å². The highest BCUT2D eigenvalue weighted by Crippen LogP contribution is 2.36. The fourth-order valence-corrected chi connectivity index (χ4v) is 3.57. The van der Waals surface area contributed by atoms with Gasteiger partial charge in [0.2, 0.25) is 0 Å². The topological polar surface area (TPSA) is 117 Å². The summed E-state index contributed by atoms with van der Waals surface area (Å²) in [5.74, 6) is -0.738. The number of carbonyl (C=O) groups is 1. The summed E-state index contributed by atoms with van der Waals surface area (Å²) in [4.78, 5) is 21.9. The van der Waals surface area contributed by atoms with Gasteiger partial charge in [0.1, 0.15) is 5.75 Å². The van der Waals surface area contributed by atoms with Crippen molar-refractivity contribution in [1.29, 1.82) is 0 Å². The van der Waals surface area contributed by atoms with E-state index in [0.717, 1.165) is 18.7 Å². The first-order valence-electron chi connectivity index (χ1n) is 9.89. The van der Waals surface area contributed by atoms with Crippen LogP contribution in [0, 0.1) is 15.5 Å². The molecule has 2 aromatic carbocycles. The van der Waals surface area contributed by atoms with E-state index < -0.39 is 22.3 Å². The van der Waals surface area contributed by atoms with Crippen molar-refractivity contribution >= 4 is 17.8 Å². The molecule has 0 aliphatic rings. The Morgan fingerprint density at radius 2 is 1.77 bits per heavy atom. The van der Waals surface area contributed by atoms with E-state index in [1.165, 1.54) is 17.7 Å². The Balaban J connectivity index is 1.90. The second kappa shape index (κ2) is 9.59. The number of carbonyl (C=O) groups excluding carboxylic acids is 1. The number of amides is 1.